The molecule has 0 aliphatic heterocycles. The molecule has 0 heterocycles. The van der Waals surface area contributed by atoms with E-state index in [0.29, 0.717) is 16.0 Å². The molecular weight excluding hydrogens is 318 g/mol. The van der Waals surface area contributed by atoms with E-state index < -0.39 is 11.7 Å². The minimum Gasteiger partial charge on any atom is -0.377 e. The zero-order chi connectivity index (χ0) is 12.7. The minimum atomic E-state index is -4.31. The molecule has 0 aromatic heterocycles. The molecule has 0 unspecified atom stereocenters. The molecule has 1 aliphatic rings. The molecule has 1 aromatic carbocycles. The van der Waals surface area contributed by atoms with E-state index in [1.165, 1.54) is 6.07 Å². The van der Waals surface area contributed by atoms with Crippen LogP contribution in [0.4, 0.5) is 18.9 Å². The highest BCUT2D eigenvalue weighted by Crippen LogP contribution is 2.42. The maximum absolute atomic E-state index is 12.5. The van der Waals surface area contributed by atoms with Crippen molar-refractivity contribution in [3.63, 3.8) is 0 Å². The summed E-state index contributed by atoms with van der Waals surface area (Å²) in [6.07, 6.45) is -2.42. The summed E-state index contributed by atoms with van der Waals surface area (Å²) in [6.45, 7) is 0. The van der Waals surface area contributed by atoms with E-state index in [2.05, 4.69) is 21.2 Å². The van der Waals surface area contributed by atoms with Gasteiger partial charge in [-0.1, -0.05) is 0 Å². The average Bonchev–Trinajstić information content (AvgIpc) is 3.00. The van der Waals surface area contributed by atoms with Gasteiger partial charge in [0, 0.05) is 16.0 Å². The van der Waals surface area contributed by atoms with Gasteiger partial charge in [0.2, 0.25) is 0 Å². The van der Waals surface area contributed by atoms with Crippen LogP contribution in [-0.2, 0) is 6.18 Å². The van der Waals surface area contributed by atoms with Gasteiger partial charge in [-0.25, -0.2) is 0 Å². The van der Waals surface area contributed by atoms with Gasteiger partial charge in [0.25, 0.3) is 0 Å². The number of benzene rings is 1. The number of alkyl halides is 4. The Hall–Kier alpha value is -0.420. The van der Waals surface area contributed by atoms with Gasteiger partial charge in [-0.3, -0.25) is 0 Å². The SMILES string of the molecule is FC(F)(F)c1ccc(NC2(CCl)CC2)c(Br)c1. The average molecular weight is 329 g/mol. The Labute approximate surface area is 110 Å². The molecule has 0 amide bonds. The molecule has 1 nitrogen and oxygen atoms in total. The normalized spacial score (nSPS) is 17.9. The molecule has 6 heteroatoms. The zero-order valence-corrected chi connectivity index (χ0v) is 11.1. The second kappa shape index (κ2) is 4.35. The third kappa shape index (κ3) is 2.88. The predicted octanol–water partition coefficient (Wildman–Crippen LogP) is 4.65. The van der Waals surface area contributed by atoms with Crippen molar-refractivity contribution in [1.29, 1.82) is 0 Å². The molecule has 0 radical (unpaired) electrons. The minimum absolute atomic E-state index is 0.135. The first-order valence-corrected chi connectivity index (χ1v) is 6.40. The number of hydrogen-bond acceptors (Lipinski definition) is 1. The number of nitrogens with one attached hydrogen (secondary N) is 1. The molecule has 0 saturated heterocycles. The molecule has 2 rings (SSSR count). The van der Waals surface area contributed by atoms with E-state index in [-0.39, 0.29) is 5.54 Å². The van der Waals surface area contributed by atoms with Crippen molar-refractivity contribution in [1.82, 2.24) is 0 Å². The summed E-state index contributed by atoms with van der Waals surface area (Å²) in [6, 6.07) is 3.57. The summed E-state index contributed by atoms with van der Waals surface area (Å²) in [4.78, 5) is 0. The van der Waals surface area contributed by atoms with Crippen LogP contribution in [0.2, 0.25) is 0 Å². The monoisotopic (exact) mass is 327 g/mol. The number of halogens is 5. The van der Waals surface area contributed by atoms with Crippen molar-refractivity contribution in [2.45, 2.75) is 24.6 Å². The van der Waals surface area contributed by atoms with E-state index >= 15 is 0 Å². The van der Waals surface area contributed by atoms with Gasteiger partial charge >= 0.3 is 6.18 Å². The Balaban J connectivity index is 2.20. The van der Waals surface area contributed by atoms with E-state index in [1.54, 1.807) is 0 Å². The van der Waals surface area contributed by atoms with Gasteiger partial charge in [0.05, 0.1) is 11.1 Å². The molecule has 1 aromatic rings. The first-order valence-electron chi connectivity index (χ1n) is 5.07. The highest BCUT2D eigenvalue weighted by molar-refractivity contribution is 9.10. The Morgan fingerprint density at radius 3 is 2.41 bits per heavy atom. The highest BCUT2D eigenvalue weighted by Gasteiger charge is 2.42. The molecule has 94 valence electrons. The first kappa shape index (κ1) is 13.0. The standard InChI is InChI=1S/C11H10BrClF3N/c12-8-5-7(11(14,15)16)1-2-9(8)17-10(6-13)3-4-10/h1-2,5,17H,3-4,6H2. The molecule has 0 bridgehead atoms. The summed E-state index contributed by atoms with van der Waals surface area (Å²) in [5, 5.41) is 3.18. The van der Waals surface area contributed by atoms with E-state index in [4.69, 9.17) is 11.6 Å². The van der Waals surface area contributed by atoms with Gasteiger partial charge in [-0.05, 0) is 47.0 Å². The van der Waals surface area contributed by atoms with Crippen LogP contribution in [0.1, 0.15) is 18.4 Å². The first-order chi connectivity index (χ1) is 7.86. The molecule has 0 spiro atoms. The predicted molar refractivity (Wildman–Crippen MR) is 65.5 cm³/mol. The third-order valence-electron chi connectivity index (χ3n) is 2.81. The smallest absolute Gasteiger partial charge is 0.377 e. The fourth-order valence-corrected chi connectivity index (χ4v) is 2.33. The van der Waals surface area contributed by atoms with E-state index in [0.717, 1.165) is 25.0 Å². The van der Waals surface area contributed by atoms with Crippen molar-refractivity contribution in [3.8, 4) is 0 Å². The van der Waals surface area contributed by atoms with E-state index in [1.807, 2.05) is 0 Å². The number of hydrogen-bond donors (Lipinski definition) is 1. The lowest BCUT2D eigenvalue weighted by molar-refractivity contribution is -0.137. The number of anilines is 1. The van der Waals surface area contributed by atoms with Crippen molar-refractivity contribution < 1.29 is 13.2 Å². The topological polar surface area (TPSA) is 12.0 Å². The summed E-state index contributed by atoms with van der Waals surface area (Å²) in [7, 11) is 0. The van der Waals surface area contributed by atoms with Crippen molar-refractivity contribution in [2.75, 3.05) is 11.2 Å². The molecule has 17 heavy (non-hydrogen) atoms. The van der Waals surface area contributed by atoms with Gasteiger partial charge < -0.3 is 5.32 Å². The fourth-order valence-electron chi connectivity index (χ4n) is 1.52. The molecule has 1 saturated carbocycles. The van der Waals surface area contributed by atoms with Crippen molar-refractivity contribution in [2.24, 2.45) is 0 Å². The third-order valence-corrected chi connectivity index (χ3v) is 3.97. The lowest BCUT2D eigenvalue weighted by Gasteiger charge is -2.18. The molecule has 1 N–H and O–H groups in total. The zero-order valence-electron chi connectivity index (χ0n) is 8.74. The van der Waals surface area contributed by atoms with E-state index in [9.17, 15) is 13.2 Å². The molecule has 1 aliphatic carbocycles. The van der Waals surface area contributed by atoms with Crippen molar-refractivity contribution >= 4 is 33.2 Å². The van der Waals surface area contributed by atoms with Crippen LogP contribution >= 0.6 is 27.5 Å². The quantitative estimate of drug-likeness (QED) is 0.796. The van der Waals surface area contributed by atoms with Gasteiger partial charge in [0.15, 0.2) is 0 Å². The summed E-state index contributed by atoms with van der Waals surface area (Å²) >= 11 is 8.95. The lowest BCUT2D eigenvalue weighted by atomic mass is 10.2. The van der Waals surface area contributed by atoms with Gasteiger partial charge in [-0.2, -0.15) is 13.2 Å². The van der Waals surface area contributed by atoms with Crippen LogP contribution in [0.5, 0.6) is 0 Å². The summed E-state index contributed by atoms with van der Waals surface area (Å²) in [5.41, 5.74) is -0.147. The Bertz CT molecular complexity index is 429. The second-order valence-electron chi connectivity index (χ2n) is 4.23. The molecule has 1 fully saturated rings. The maximum Gasteiger partial charge on any atom is 0.416 e. The molecule has 0 atom stereocenters. The largest absolute Gasteiger partial charge is 0.416 e. The molecular formula is C11H10BrClF3N. The van der Waals surface area contributed by atoms with Crippen LogP contribution in [-0.4, -0.2) is 11.4 Å². The fraction of sp³-hybridized carbons (Fsp3) is 0.455. The Morgan fingerprint density at radius 1 is 1.35 bits per heavy atom. The Kier molecular flexibility index (Phi) is 3.34. The maximum atomic E-state index is 12.5. The van der Waals surface area contributed by atoms with Crippen LogP contribution in [0.15, 0.2) is 22.7 Å². The Morgan fingerprint density at radius 2 is 2.00 bits per heavy atom. The van der Waals surface area contributed by atoms with Crippen molar-refractivity contribution in [3.05, 3.63) is 28.2 Å². The number of rotatable bonds is 3. The van der Waals surface area contributed by atoms with Crippen LogP contribution in [0.25, 0.3) is 0 Å². The van der Waals surface area contributed by atoms with Gasteiger partial charge in [0.1, 0.15) is 0 Å². The van der Waals surface area contributed by atoms with Gasteiger partial charge in [-0.15, -0.1) is 11.6 Å². The summed E-state index contributed by atoms with van der Waals surface area (Å²) in [5.74, 6) is 0.459. The van der Waals surface area contributed by atoms with Crippen LogP contribution < -0.4 is 5.32 Å². The van der Waals surface area contributed by atoms with Crippen LogP contribution in [0, 0.1) is 0 Å². The van der Waals surface area contributed by atoms with Crippen LogP contribution in [0.3, 0.4) is 0 Å². The summed E-state index contributed by atoms with van der Waals surface area (Å²) < 4.78 is 37.8. The lowest BCUT2D eigenvalue weighted by Crippen LogP contribution is -2.23. The second-order valence-corrected chi connectivity index (χ2v) is 5.35. The highest BCUT2D eigenvalue weighted by atomic mass is 79.9.